The van der Waals surface area contributed by atoms with Crippen molar-refractivity contribution in [3.8, 4) is 0 Å². The fourth-order valence-corrected chi connectivity index (χ4v) is 1.79. The molecule has 1 aliphatic heterocycles. The number of nitrogens with zero attached hydrogens (tertiary/aromatic N) is 2. The van der Waals surface area contributed by atoms with Crippen molar-refractivity contribution in [3.63, 3.8) is 0 Å². The second-order valence-corrected chi connectivity index (χ2v) is 3.58. The highest BCUT2D eigenvalue weighted by molar-refractivity contribution is 4.91. The first-order valence-electron chi connectivity index (χ1n) is 4.92. The summed E-state index contributed by atoms with van der Waals surface area (Å²) in [4.78, 5) is 8.47. The van der Waals surface area contributed by atoms with E-state index in [1.54, 1.807) is 0 Å². The van der Waals surface area contributed by atoms with Crippen LogP contribution in [0, 0.1) is 5.92 Å². The molecule has 1 aromatic rings. The van der Waals surface area contributed by atoms with Crippen molar-refractivity contribution < 1.29 is 0 Å². The lowest BCUT2D eigenvalue weighted by molar-refractivity contribution is 0.370. The van der Waals surface area contributed by atoms with Gasteiger partial charge in [0.25, 0.3) is 0 Å². The van der Waals surface area contributed by atoms with Crippen LogP contribution in [0.3, 0.4) is 0 Å². The van der Waals surface area contributed by atoms with E-state index in [4.69, 9.17) is 0 Å². The third kappa shape index (κ3) is 2.49. The summed E-state index contributed by atoms with van der Waals surface area (Å²) < 4.78 is 0. The summed E-state index contributed by atoms with van der Waals surface area (Å²) >= 11 is 0. The summed E-state index contributed by atoms with van der Waals surface area (Å²) in [6.07, 6.45) is 7.26. The number of hydrogen-bond acceptors (Lipinski definition) is 3. The van der Waals surface area contributed by atoms with E-state index in [2.05, 4.69) is 15.3 Å². The maximum absolute atomic E-state index is 4.23. The van der Waals surface area contributed by atoms with Crippen molar-refractivity contribution >= 4 is 0 Å². The normalized spacial score (nSPS) is 22.9. The molecule has 70 valence electrons. The largest absolute Gasteiger partial charge is 0.316 e. The molecule has 0 aromatic carbocycles. The van der Waals surface area contributed by atoms with Crippen LogP contribution in [0.25, 0.3) is 0 Å². The molecule has 0 unspecified atom stereocenters. The van der Waals surface area contributed by atoms with E-state index < -0.39 is 0 Å². The number of nitrogens with one attached hydrogen (secondary N) is 1. The quantitative estimate of drug-likeness (QED) is 0.733. The summed E-state index contributed by atoms with van der Waals surface area (Å²) in [5.41, 5.74) is 0. The molecule has 1 aliphatic rings. The number of piperidine rings is 1. The molecule has 1 saturated heterocycles. The molecule has 2 heterocycles. The van der Waals surface area contributed by atoms with E-state index in [0.29, 0.717) is 0 Å². The Hall–Kier alpha value is -0.960. The van der Waals surface area contributed by atoms with Gasteiger partial charge < -0.3 is 5.32 Å². The lowest BCUT2D eigenvalue weighted by Gasteiger charge is -2.21. The third-order valence-corrected chi connectivity index (χ3v) is 2.49. The van der Waals surface area contributed by atoms with Crippen LogP contribution in [0.2, 0.25) is 0 Å². The average Bonchev–Trinajstić information content (AvgIpc) is 2.21. The second-order valence-electron chi connectivity index (χ2n) is 3.58. The first-order chi connectivity index (χ1) is 6.45. The van der Waals surface area contributed by atoms with E-state index in [1.165, 1.54) is 19.4 Å². The maximum atomic E-state index is 4.23. The summed E-state index contributed by atoms with van der Waals surface area (Å²) in [6, 6.07) is 1.86. The number of rotatable bonds is 2. The number of aromatic nitrogens is 2. The van der Waals surface area contributed by atoms with Crippen molar-refractivity contribution in [1.29, 1.82) is 0 Å². The van der Waals surface area contributed by atoms with Crippen molar-refractivity contribution in [2.75, 3.05) is 13.1 Å². The van der Waals surface area contributed by atoms with Gasteiger partial charge >= 0.3 is 0 Å². The highest BCUT2D eigenvalue weighted by Crippen LogP contribution is 2.13. The Bertz CT molecular complexity index is 242. The highest BCUT2D eigenvalue weighted by atomic mass is 14.9. The Morgan fingerprint density at radius 1 is 1.38 bits per heavy atom. The van der Waals surface area contributed by atoms with Gasteiger partial charge in [0.05, 0.1) is 0 Å². The molecule has 0 bridgehead atoms. The van der Waals surface area contributed by atoms with E-state index in [1.807, 2.05) is 18.5 Å². The SMILES string of the molecule is c1cnc(C[C@H]2CCCNC2)nc1. The maximum Gasteiger partial charge on any atom is 0.128 e. The summed E-state index contributed by atoms with van der Waals surface area (Å²) in [5, 5.41) is 3.40. The minimum atomic E-state index is 0.733. The Morgan fingerprint density at radius 3 is 2.92 bits per heavy atom. The molecule has 3 nitrogen and oxygen atoms in total. The molecule has 0 amide bonds. The fraction of sp³-hybridized carbons (Fsp3) is 0.600. The van der Waals surface area contributed by atoms with Gasteiger partial charge in [-0.05, 0) is 37.9 Å². The minimum absolute atomic E-state index is 0.733. The van der Waals surface area contributed by atoms with Crippen LogP contribution in [0.5, 0.6) is 0 Å². The summed E-state index contributed by atoms with van der Waals surface area (Å²) in [5.74, 6) is 1.72. The van der Waals surface area contributed by atoms with Gasteiger partial charge in [0.15, 0.2) is 0 Å². The van der Waals surface area contributed by atoms with Gasteiger partial charge in [0.1, 0.15) is 5.82 Å². The molecule has 0 radical (unpaired) electrons. The molecular formula is C10H15N3. The van der Waals surface area contributed by atoms with Crippen molar-refractivity contribution in [2.24, 2.45) is 5.92 Å². The molecule has 0 saturated carbocycles. The average molecular weight is 177 g/mol. The Kier molecular flexibility index (Phi) is 2.87. The van der Waals surface area contributed by atoms with Crippen molar-refractivity contribution in [2.45, 2.75) is 19.3 Å². The minimum Gasteiger partial charge on any atom is -0.316 e. The lowest BCUT2D eigenvalue weighted by atomic mass is 9.96. The Morgan fingerprint density at radius 2 is 2.23 bits per heavy atom. The second kappa shape index (κ2) is 4.33. The van der Waals surface area contributed by atoms with Gasteiger partial charge in [-0.3, -0.25) is 0 Å². The zero-order valence-electron chi connectivity index (χ0n) is 7.74. The van der Waals surface area contributed by atoms with Gasteiger partial charge in [-0.1, -0.05) is 0 Å². The molecular weight excluding hydrogens is 162 g/mol. The first kappa shape index (κ1) is 8.63. The van der Waals surface area contributed by atoms with Gasteiger partial charge in [0, 0.05) is 18.8 Å². The molecule has 2 rings (SSSR count). The first-order valence-corrected chi connectivity index (χ1v) is 4.92. The van der Waals surface area contributed by atoms with Crippen molar-refractivity contribution in [1.82, 2.24) is 15.3 Å². The van der Waals surface area contributed by atoms with E-state index >= 15 is 0 Å². The Labute approximate surface area is 78.6 Å². The van der Waals surface area contributed by atoms with E-state index in [0.717, 1.165) is 24.7 Å². The van der Waals surface area contributed by atoms with Gasteiger partial charge in [-0.25, -0.2) is 9.97 Å². The molecule has 3 heteroatoms. The van der Waals surface area contributed by atoms with Gasteiger partial charge in [-0.15, -0.1) is 0 Å². The van der Waals surface area contributed by atoms with Gasteiger partial charge in [-0.2, -0.15) is 0 Å². The molecule has 0 spiro atoms. The third-order valence-electron chi connectivity index (χ3n) is 2.49. The molecule has 1 N–H and O–H groups in total. The van der Waals surface area contributed by atoms with Crippen LogP contribution in [0.4, 0.5) is 0 Å². The predicted octanol–water partition coefficient (Wildman–Crippen LogP) is 1.02. The molecule has 13 heavy (non-hydrogen) atoms. The Balaban J connectivity index is 1.90. The van der Waals surface area contributed by atoms with Crippen LogP contribution in [0.15, 0.2) is 18.5 Å². The molecule has 1 atom stereocenters. The van der Waals surface area contributed by atoms with Crippen LogP contribution >= 0.6 is 0 Å². The summed E-state index contributed by atoms with van der Waals surface area (Å²) in [6.45, 7) is 2.30. The lowest BCUT2D eigenvalue weighted by Crippen LogP contribution is -2.31. The fourth-order valence-electron chi connectivity index (χ4n) is 1.79. The zero-order chi connectivity index (χ0) is 8.93. The van der Waals surface area contributed by atoms with Crippen LogP contribution in [0.1, 0.15) is 18.7 Å². The van der Waals surface area contributed by atoms with Crippen LogP contribution in [-0.2, 0) is 6.42 Å². The smallest absolute Gasteiger partial charge is 0.128 e. The number of hydrogen-bond donors (Lipinski definition) is 1. The van der Waals surface area contributed by atoms with E-state index in [9.17, 15) is 0 Å². The zero-order valence-corrected chi connectivity index (χ0v) is 7.74. The molecule has 1 fully saturated rings. The molecule has 0 aliphatic carbocycles. The van der Waals surface area contributed by atoms with Crippen LogP contribution < -0.4 is 5.32 Å². The van der Waals surface area contributed by atoms with Gasteiger partial charge in [0.2, 0.25) is 0 Å². The van der Waals surface area contributed by atoms with Crippen molar-refractivity contribution in [3.05, 3.63) is 24.3 Å². The monoisotopic (exact) mass is 177 g/mol. The standard InChI is InChI=1S/C10H15N3/c1-3-9(8-11-4-1)7-10-12-5-2-6-13-10/h2,5-6,9,11H,1,3-4,7-8H2/t9-/m1/s1. The highest BCUT2D eigenvalue weighted by Gasteiger charge is 2.14. The molecule has 1 aromatic heterocycles. The van der Waals surface area contributed by atoms with E-state index in [-0.39, 0.29) is 0 Å². The predicted molar refractivity (Wildman–Crippen MR) is 51.3 cm³/mol. The van der Waals surface area contributed by atoms with Crippen LogP contribution in [-0.4, -0.2) is 23.1 Å². The topological polar surface area (TPSA) is 37.8 Å². The summed E-state index contributed by atoms with van der Waals surface area (Å²) in [7, 11) is 0.